The highest BCUT2D eigenvalue weighted by molar-refractivity contribution is 5.64. The normalized spacial score (nSPS) is 10.3. The lowest BCUT2D eigenvalue weighted by Crippen LogP contribution is -2.03. The van der Waals surface area contributed by atoms with E-state index in [0.29, 0.717) is 17.2 Å². The van der Waals surface area contributed by atoms with Crippen LogP contribution in [0.25, 0.3) is 11.4 Å². The van der Waals surface area contributed by atoms with Crippen LogP contribution in [0.1, 0.15) is 11.4 Å². The number of hydrogen-bond acceptors (Lipinski definition) is 6. The first kappa shape index (κ1) is 11.9. The Balaban J connectivity index is 2.62. The Morgan fingerprint density at radius 2 is 1.94 bits per heavy atom. The smallest absolute Gasteiger partial charge is 0.270 e. The fraction of sp³-hybridized carbons (Fsp3) is 0.182. The van der Waals surface area contributed by atoms with Crippen LogP contribution in [-0.4, -0.2) is 19.9 Å². The number of nitrogen functional groups attached to an aromatic ring is 1. The predicted octanol–water partition coefficient (Wildman–Crippen LogP) is 1.65. The number of aromatic nitrogens is 3. The summed E-state index contributed by atoms with van der Waals surface area (Å²) >= 11 is 0. The van der Waals surface area contributed by atoms with E-state index in [4.69, 9.17) is 5.73 Å². The topological polar surface area (TPSA) is 108 Å². The van der Waals surface area contributed by atoms with Crippen molar-refractivity contribution in [1.29, 1.82) is 0 Å². The van der Waals surface area contributed by atoms with Crippen molar-refractivity contribution in [2.45, 2.75) is 13.8 Å². The van der Waals surface area contributed by atoms with Crippen LogP contribution < -0.4 is 5.73 Å². The highest BCUT2D eigenvalue weighted by atomic mass is 16.6. The summed E-state index contributed by atoms with van der Waals surface area (Å²) in [4.78, 5) is 22.3. The molecule has 0 amide bonds. The number of nitro groups is 1. The van der Waals surface area contributed by atoms with Gasteiger partial charge in [0.05, 0.1) is 4.92 Å². The van der Waals surface area contributed by atoms with Gasteiger partial charge in [-0.1, -0.05) is 6.07 Å². The molecule has 0 bridgehead atoms. The number of aryl methyl sites for hydroxylation is 2. The van der Waals surface area contributed by atoms with E-state index in [9.17, 15) is 10.1 Å². The van der Waals surface area contributed by atoms with Gasteiger partial charge < -0.3 is 5.73 Å². The van der Waals surface area contributed by atoms with Crippen molar-refractivity contribution in [2.24, 2.45) is 0 Å². The Bertz CT molecular complexity index is 607. The van der Waals surface area contributed by atoms with Gasteiger partial charge in [0.25, 0.3) is 5.69 Å². The third-order valence-electron chi connectivity index (χ3n) is 2.44. The second-order valence-corrected chi connectivity index (χ2v) is 3.82. The summed E-state index contributed by atoms with van der Waals surface area (Å²) in [6.45, 7) is 3.52. The summed E-state index contributed by atoms with van der Waals surface area (Å²) in [7, 11) is 0. The summed E-state index contributed by atoms with van der Waals surface area (Å²) in [5.74, 6) is 0.924. The van der Waals surface area contributed by atoms with Gasteiger partial charge in [-0.3, -0.25) is 10.1 Å². The van der Waals surface area contributed by atoms with E-state index in [1.165, 1.54) is 12.1 Å². The SMILES string of the molecule is Cc1nc(N)nc(-c2cc([N+](=O)[O-])ccc2C)n1. The van der Waals surface area contributed by atoms with Crippen molar-refractivity contribution in [2.75, 3.05) is 5.73 Å². The lowest BCUT2D eigenvalue weighted by molar-refractivity contribution is -0.384. The number of hydrogen-bond donors (Lipinski definition) is 1. The molecule has 0 atom stereocenters. The fourth-order valence-corrected chi connectivity index (χ4v) is 1.59. The van der Waals surface area contributed by atoms with Crippen LogP contribution in [-0.2, 0) is 0 Å². The van der Waals surface area contributed by atoms with Gasteiger partial charge >= 0.3 is 0 Å². The molecular weight excluding hydrogens is 234 g/mol. The molecule has 0 saturated carbocycles. The van der Waals surface area contributed by atoms with Crippen molar-refractivity contribution in [3.63, 3.8) is 0 Å². The lowest BCUT2D eigenvalue weighted by atomic mass is 10.1. The second-order valence-electron chi connectivity index (χ2n) is 3.82. The second kappa shape index (κ2) is 4.36. The first-order valence-electron chi connectivity index (χ1n) is 5.21. The van der Waals surface area contributed by atoms with Gasteiger partial charge in [0.2, 0.25) is 5.95 Å². The molecule has 0 aliphatic rings. The molecule has 2 N–H and O–H groups in total. The molecule has 92 valence electrons. The molecule has 0 saturated heterocycles. The summed E-state index contributed by atoms with van der Waals surface area (Å²) in [6, 6.07) is 4.53. The van der Waals surface area contributed by atoms with Crippen LogP contribution in [0.5, 0.6) is 0 Å². The zero-order valence-corrected chi connectivity index (χ0v) is 9.91. The fourth-order valence-electron chi connectivity index (χ4n) is 1.59. The number of non-ortho nitro benzene ring substituents is 1. The van der Waals surface area contributed by atoms with Crippen LogP contribution in [0.4, 0.5) is 11.6 Å². The molecule has 18 heavy (non-hydrogen) atoms. The molecule has 2 aromatic rings. The number of benzene rings is 1. The van der Waals surface area contributed by atoms with Gasteiger partial charge in [-0.05, 0) is 19.4 Å². The third kappa shape index (κ3) is 2.24. The Morgan fingerprint density at radius 1 is 1.22 bits per heavy atom. The maximum Gasteiger partial charge on any atom is 0.270 e. The molecule has 1 heterocycles. The molecule has 1 aromatic heterocycles. The van der Waals surface area contributed by atoms with Crippen LogP contribution in [0.15, 0.2) is 18.2 Å². The molecule has 7 nitrogen and oxygen atoms in total. The monoisotopic (exact) mass is 245 g/mol. The van der Waals surface area contributed by atoms with E-state index in [-0.39, 0.29) is 11.6 Å². The molecule has 0 fully saturated rings. The van der Waals surface area contributed by atoms with Crippen molar-refractivity contribution in [3.8, 4) is 11.4 Å². The molecule has 0 spiro atoms. The first-order valence-corrected chi connectivity index (χ1v) is 5.21. The predicted molar refractivity (Wildman–Crippen MR) is 65.8 cm³/mol. The minimum Gasteiger partial charge on any atom is -0.368 e. The molecular formula is C11H11N5O2. The zero-order chi connectivity index (χ0) is 13.3. The number of rotatable bonds is 2. The van der Waals surface area contributed by atoms with Crippen LogP contribution >= 0.6 is 0 Å². The number of nitro benzene ring substituents is 1. The maximum absolute atomic E-state index is 10.8. The highest BCUT2D eigenvalue weighted by Gasteiger charge is 2.13. The quantitative estimate of drug-likeness (QED) is 0.636. The van der Waals surface area contributed by atoms with Crippen molar-refractivity contribution in [3.05, 3.63) is 39.7 Å². The van der Waals surface area contributed by atoms with Crippen LogP contribution in [0, 0.1) is 24.0 Å². The zero-order valence-electron chi connectivity index (χ0n) is 9.91. The van der Waals surface area contributed by atoms with Crippen molar-refractivity contribution >= 4 is 11.6 Å². The van der Waals surface area contributed by atoms with Crippen molar-refractivity contribution in [1.82, 2.24) is 15.0 Å². The average Bonchev–Trinajstić information content (AvgIpc) is 2.27. The van der Waals surface area contributed by atoms with E-state index in [1.807, 2.05) is 6.92 Å². The Kier molecular flexibility index (Phi) is 2.88. The molecule has 0 unspecified atom stereocenters. The summed E-state index contributed by atoms with van der Waals surface area (Å²) in [6.07, 6.45) is 0. The number of nitrogens with two attached hydrogens (primary N) is 1. The van der Waals surface area contributed by atoms with E-state index >= 15 is 0 Å². The van der Waals surface area contributed by atoms with Crippen LogP contribution in [0.2, 0.25) is 0 Å². The molecule has 7 heteroatoms. The Hall–Kier alpha value is -2.57. The molecule has 0 aliphatic carbocycles. The van der Waals surface area contributed by atoms with Crippen LogP contribution in [0.3, 0.4) is 0 Å². The van der Waals surface area contributed by atoms with Gasteiger partial charge in [0.1, 0.15) is 5.82 Å². The van der Waals surface area contributed by atoms with E-state index in [2.05, 4.69) is 15.0 Å². The van der Waals surface area contributed by atoms with Gasteiger partial charge in [-0.25, -0.2) is 4.98 Å². The minimum absolute atomic E-state index is 0.00719. The highest BCUT2D eigenvalue weighted by Crippen LogP contribution is 2.25. The van der Waals surface area contributed by atoms with Gasteiger partial charge in [0, 0.05) is 17.7 Å². The number of anilines is 1. The van der Waals surface area contributed by atoms with E-state index < -0.39 is 4.92 Å². The van der Waals surface area contributed by atoms with Crippen molar-refractivity contribution < 1.29 is 4.92 Å². The third-order valence-corrected chi connectivity index (χ3v) is 2.44. The standard InChI is InChI=1S/C11H11N5O2/c1-6-3-4-8(16(17)18)5-9(6)10-13-7(2)14-11(12)15-10/h3-5H,1-2H3,(H2,12,13,14,15). The summed E-state index contributed by atoms with van der Waals surface area (Å²) < 4.78 is 0. The average molecular weight is 245 g/mol. The molecule has 1 aromatic carbocycles. The maximum atomic E-state index is 10.8. The number of nitrogens with zero attached hydrogens (tertiary/aromatic N) is 4. The van der Waals surface area contributed by atoms with Gasteiger partial charge in [0.15, 0.2) is 5.82 Å². The molecule has 2 rings (SSSR count). The Labute approximate surface area is 103 Å². The molecule has 0 radical (unpaired) electrons. The van der Waals surface area contributed by atoms with Gasteiger partial charge in [-0.2, -0.15) is 9.97 Å². The molecule has 0 aliphatic heterocycles. The van der Waals surface area contributed by atoms with Gasteiger partial charge in [-0.15, -0.1) is 0 Å². The summed E-state index contributed by atoms with van der Waals surface area (Å²) in [5.41, 5.74) is 6.96. The Morgan fingerprint density at radius 3 is 2.56 bits per heavy atom. The lowest BCUT2D eigenvalue weighted by Gasteiger charge is -2.05. The minimum atomic E-state index is -0.458. The van der Waals surface area contributed by atoms with E-state index in [0.717, 1.165) is 5.56 Å². The first-order chi connectivity index (χ1) is 8.47. The van der Waals surface area contributed by atoms with E-state index in [1.54, 1.807) is 13.0 Å². The largest absolute Gasteiger partial charge is 0.368 e. The summed E-state index contributed by atoms with van der Waals surface area (Å²) in [5, 5.41) is 10.8.